The van der Waals surface area contributed by atoms with Crippen LogP contribution in [0.3, 0.4) is 0 Å². The summed E-state index contributed by atoms with van der Waals surface area (Å²) in [5, 5.41) is 0. The molecule has 7 nitrogen and oxygen atoms in total. The molecule has 0 unspecified atom stereocenters. The number of carbonyl (C=O) groups is 1. The highest BCUT2D eigenvalue weighted by Gasteiger charge is 2.37. The molecule has 140 valence electrons. The first kappa shape index (κ1) is 16.5. The molecule has 2 bridgehead atoms. The van der Waals surface area contributed by atoms with Gasteiger partial charge < -0.3 is 14.4 Å². The number of hydrogen-bond donors (Lipinski definition) is 0. The first-order valence-electron chi connectivity index (χ1n) is 9.44. The Balaban J connectivity index is 1.32. The van der Waals surface area contributed by atoms with Gasteiger partial charge in [0, 0.05) is 44.6 Å². The van der Waals surface area contributed by atoms with Gasteiger partial charge in [-0.1, -0.05) is 6.07 Å². The van der Waals surface area contributed by atoms with Crippen LogP contribution in [-0.2, 0) is 6.54 Å². The van der Waals surface area contributed by atoms with Crippen molar-refractivity contribution in [3.63, 3.8) is 0 Å². The van der Waals surface area contributed by atoms with E-state index in [-0.39, 0.29) is 5.91 Å². The molecule has 0 spiro atoms. The van der Waals surface area contributed by atoms with Gasteiger partial charge in [-0.15, -0.1) is 0 Å². The van der Waals surface area contributed by atoms with Crippen molar-refractivity contribution in [3.8, 4) is 11.5 Å². The molecule has 3 saturated heterocycles. The van der Waals surface area contributed by atoms with E-state index in [1.165, 1.54) is 12.0 Å². The number of rotatable bonds is 3. The molecule has 0 saturated carbocycles. The summed E-state index contributed by atoms with van der Waals surface area (Å²) in [4.78, 5) is 25.5. The minimum Gasteiger partial charge on any atom is -0.454 e. The standard InChI is InChI=1S/C20H22N4O3/c25-20(17-8-21-5-6-22-17)24-11-15-1-3-16(12-24)23(10-15)9-14-2-4-18-19(7-14)27-13-26-18/h2,4-8,15-16H,1,3,9-13H2/t15-,16-/m0/s1. The molecule has 6 rings (SSSR count). The van der Waals surface area contributed by atoms with Crippen LogP contribution in [0.15, 0.2) is 36.8 Å². The van der Waals surface area contributed by atoms with Gasteiger partial charge in [0.25, 0.3) is 5.91 Å². The molecule has 4 aliphatic rings. The van der Waals surface area contributed by atoms with E-state index in [9.17, 15) is 4.79 Å². The number of hydrogen-bond acceptors (Lipinski definition) is 6. The minimum absolute atomic E-state index is 0.00932. The maximum atomic E-state index is 12.8. The lowest BCUT2D eigenvalue weighted by atomic mass is 9.94. The fourth-order valence-electron chi connectivity index (χ4n) is 4.38. The van der Waals surface area contributed by atoms with Crippen molar-refractivity contribution in [2.45, 2.75) is 25.4 Å². The summed E-state index contributed by atoms with van der Waals surface area (Å²) in [5.41, 5.74) is 1.65. The van der Waals surface area contributed by atoms with Gasteiger partial charge in [-0.2, -0.15) is 0 Å². The van der Waals surface area contributed by atoms with E-state index < -0.39 is 0 Å². The molecule has 1 aromatic heterocycles. The average molecular weight is 366 g/mol. The van der Waals surface area contributed by atoms with Gasteiger partial charge in [0.15, 0.2) is 11.5 Å². The number of amides is 1. The van der Waals surface area contributed by atoms with Crippen LogP contribution in [0.2, 0.25) is 0 Å². The molecular weight excluding hydrogens is 344 g/mol. The molecule has 2 atom stereocenters. The molecular formula is C20H22N4O3. The van der Waals surface area contributed by atoms with Gasteiger partial charge in [0.2, 0.25) is 6.79 Å². The van der Waals surface area contributed by atoms with Gasteiger partial charge in [-0.3, -0.25) is 14.7 Å². The predicted molar refractivity (Wildman–Crippen MR) is 97.4 cm³/mol. The molecule has 0 radical (unpaired) electrons. The SMILES string of the molecule is O=C(c1cnccn1)N1C[C@H]2CC[C@@H](C1)N(Cc1ccc3c(c1)OCO3)C2. The van der Waals surface area contributed by atoms with Crippen molar-refractivity contribution in [1.29, 1.82) is 0 Å². The van der Waals surface area contributed by atoms with Crippen LogP contribution < -0.4 is 9.47 Å². The summed E-state index contributed by atoms with van der Waals surface area (Å²) in [6, 6.07) is 6.53. The molecule has 1 aromatic carbocycles. The van der Waals surface area contributed by atoms with Gasteiger partial charge in [-0.25, -0.2) is 4.98 Å². The van der Waals surface area contributed by atoms with Crippen LogP contribution in [0.5, 0.6) is 11.5 Å². The molecule has 0 aliphatic carbocycles. The normalized spacial score (nSPS) is 24.1. The van der Waals surface area contributed by atoms with Crippen LogP contribution >= 0.6 is 0 Å². The van der Waals surface area contributed by atoms with E-state index >= 15 is 0 Å². The maximum Gasteiger partial charge on any atom is 0.274 e. The topological polar surface area (TPSA) is 67.8 Å². The summed E-state index contributed by atoms with van der Waals surface area (Å²) in [6.45, 7) is 3.72. The number of nitrogens with zero attached hydrogens (tertiary/aromatic N) is 4. The van der Waals surface area contributed by atoms with Crippen LogP contribution in [0, 0.1) is 5.92 Å². The Morgan fingerprint density at radius 2 is 2.04 bits per heavy atom. The fourth-order valence-corrected chi connectivity index (χ4v) is 4.38. The second-order valence-corrected chi connectivity index (χ2v) is 7.52. The lowest BCUT2D eigenvalue weighted by Gasteiger charge is -2.36. The lowest BCUT2D eigenvalue weighted by Crippen LogP contribution is -2.44. The second kappa shape index (κ2) is 6.81. The zero-order valence-corrected chi connectivity index (χ0v) is 15.1. The third-order valence-corrected chi connectivity index (χ3v) is 5.72. The molecule has 2 aromatic rings. The molecule has 3 fully saturated rings. The molecule has 4 aliphatic heterocycles. The first-order chi connectivity index (χ1) is 13.3. The van der Waals surface area contributed by atoms with E-state index in [0.29, 0.717) is 24.4 Å². The van der Waals surface area contributed by atoms with E-state index in [2.05, 4.69) is 27.0 Å². The molecule has 27 heavy (non-hydrogen) atoms. The Labute approximate surface area is 157 Å². The number of benzene rings is 1. The molecule has 5 heterocycles. The Hall–Kier alpha value is -2.67. The minimum atomic E-state index is -0.00932. The number of ether oxygens (including phenoxy) is 2. The molecule has 1 amide bonds. The molecule has 7 heteroatoms. The quantitative estimate of drug-likeness (QED) is 0.827. The summed E-state index contributed by atoms with van der Waals surface area (Å²) in [7, 11) is 0. The highest BCUT2D eigenvalue weighted by molar-refractivity contribution is 5.92. The number of aromatic nitrogens is 2. The van der Waals surface area contributed by atoms with Crippen LogP contribution in [0.25, 0.3) is 0 Å². The summed E-state index contributed by atoms with van der Waals surface area (Å²) >= 11 is 0. The zero-order valence-electron chi connectivity index (χ0n) is 15.1. The average Bonchev–Trinajstić information content (AvgIpc) is 2.98. The van der Waals surface area contributed by atoms with Gasteiger partial charge in [0.1, 0.15) is 5.69 Å². The highest BCUT2D eigenvalue weighted by atomic mass is 16.7. The summed E-state index contributed by atoms with van der Waals surface area (Å²) in [6.07, 6.45) is 7.02. The van der Waals surface area contributed by atoms with Crippen molar-refractivity contribution < 1.29 is 14.3 Å². The number of carbonyl (C=O) groups excluding carboxylic acids is 1. The summed E-state index contributed by atoms with van der Waals surface area (Å²) in [5.74, 6) is 2.13. The maximum absolute atomic E-state index is 12.8. The molecule has 0 N–H and O–H groups in total. The van der Waals surface area contributed by atoms with Gasteiger partial charge >= 0.3 is 0 Å². The van der Waals surface area contributed by atoms with E-state index in [1.54, 1.807) is 18.6 Å². The van der Waals surface area contributed by atoms with Crippen molar-refractivity contribution in [2.24, 2.45) is 5.92 Å². The Kier molecular flexibility index (Phi) is 4.16. The van der Waals surface area contributed by atoms with Crippen molar-refractivity contribution in [3.05, 3.63) is 48.0 Å². The predicted octanol–water partition coefficient (Wildman–Crippen LogP) is 1.94. The highest BCUT2D eigenvalue weighted by Crippen LogP contribution is 2.34. The fraction of sp³-hybridized carbons (Fsp3) is 0.450. The second-order valence-electron chi connectivity index (χ2n) is 7.52. The van der Waals surface area contributed by atoms with Crippen LogP contribution in [-0.4, -0.2) is 58.1 Å². The lowest BCUT2D eigenvalue weighted by molar-refractivity contribution is 0.0729. The Bertz CT molecular complexity index is 844. The first-order valence-corrected chi connectivity index (χ1v) is 9.44. The monoisotopic (exact) mass is 366 g/mol. The zero-order chi connectivity index (χ0) is 18.2. The van der Waals surface area contributed by atoms with Gasteiger partial charge in [0.05, 0.1) is 6.20 Å². The smallest absolute Gasteiger partial charge is 0.274 e. The Morgan fingerprint density at radius 1 is 1.11 bits per heavy atom. The van der Waals surface area contributed by atoms with Crippen LogP contribution in [0.1, 0.15) is 28.9 Å². The third-order valence-electron chi connectivity index (χ3n) is 5.72. The largest absolute Gasteiger partial charge is 0.454 e. The van der Waals surface area contributed by atoms with Crippen LogP contribution in [0.4, 0.5) is 0 Å². The summed E-state index contributed by atoms with van der Waals surface area (Å²) < 4.78 is 10.9. The van der Waals surface area contributed by atoms with E-state index in [1.807, 2.05) is 11.0 Å². The van der Waals surface area contributed by atoms with E-state index in [4.69, 9.17) is 9.47 Å². The van der Waals surface area contributed by atoms with Crippen molar-refractivity contribution >= 4 is 5.91 Å². The van der Waals surface area contributed by atoms with Gasteiger partial charge in [-0.05, 0) is 36.5 Å². The van der Waals surface area contributed by atoms with E-state index in [0.717, 1.165) is 44.1 Å². The number of piperidine rings is 1. The number of fused-ring (bicyclic) bond motifs is 5. The third kappa shape index (κ3) is 3.23. The van der Waals surface area contributed by atoms with Crippen molar-refractivity contribution in [2.75, 3.05) is 26.4 Å². The van der Waals surface area contributed by atoms with Crippen molar-refractivity contribution in [1.82, 2.24) is 19.8 Å². The Morgan fingerprint density at radius 3 is 2.93 bits per heavy atom.